The zero-order valence-electron chi connectivity index (χ0n) is 11.4. The number of nitrogens with zero attached hydrogens (tertiary/aromatic N) is 1. The van der Waals surface area contributed by atoms with Crippen molar-refractivity contribution in [1.29, 1.82) is 0 Å². The van der Waals surface area contributed by atoms with E-state index in [1.54, 1.807) is 12.1 Å². The predicted octanol–water partition coefficient (Wildman–Crippen LogP) is 2.95. The monoisotopic (exact) mass is 250 g/mol. The molecule has 0 spiro atoms. The minimum absolute atomic E-state index is 0.168. The van der Waals surface area contributed by atoms with E-state index in [4.69, 9.17) is 5.73 Å². The maximum atomic E-state index is 13.3. The molecule has 2 N–H and O–H groups in total. The van der Waals surface area contributed by atoms with Crippen molar-refractivity contribution in [2.24, 2.45) is 11.1 Å². The second kappa shape index (κ2) is 5.27. The summed E-state index contributed by atoms with van der Waals surface area (Å²) >= 11 is 0. The van der Waals surface area contributed by atoms with Crippen LogP contribution in [0.5, 0.6) is 0 Å². The minimum Gasteiger partial charge on any atom is -0.371 e. The summed E-state index contributed by atoms with van der Waals surface area (Å²) in [5.74, 6) is -0.168. The summed E-state index contributed by atoms with van der Waals surface area (Å²) in [5, 5.41) is 0. The van der Waals surface area contributed by atoms with Crippen LogP contribution < -0.4 is 10.6 Å². The van der Waals surface area contributed by atoms with Gasteiger partial charge >= 0.3 is 0 Å². The van der Waals surface area contributed by atoms with Gasteiger partial charge in [-0.25, -0.2) is 4.39 Å². The quantitative estimate of drug-likeness (QED) is 0.893. The summed E-state index contributed by atoms with van der Waals surface area (Å²) in [6.07, 6.45) is 3.20. The smallest absolute Gasteiger partial charge is 0.123 e. The van der Waals surface area contributed by atoms with Crippen molar-refractivity contribution in [3.8, 4) is 0 Å². The maximum Gasteiger partial charge on any atom is 0.123 e. The zero-order chi connectivity index (χ0) is 13.2. The number of anilines is 1. The Morgan fingerprint density at radius 1 is 1.39 bits per heavy atom. The van der Waals surface area contributed by atoms with E-state index >= 15 is 0 Å². The number of halogens is 1. The zero-order valence-corrected chi connectivity index (χ0v) is 11.4. The van der Waals surface area contributed by atoms with Gasteiger partial charge in [0, 0.05) is 18.8 Å². The van der Waals surface area contributed by atoms with Gasteiger partial charge in [-0.15, -0.1) is 0 Å². The lowest BCUT2D eigenvalue weighted by atomic mass is 9.83. The molecule has 0 aromatic heterocycles. The standard InChI is InChI=1S/C15H23FN2/c1-15(2)7-3-9-18(11-15)14-5-4-13(16)10-12(14)6-8-17/h4-5,10H,3,6-9,11,17H2,1-2H3. The lowest BCUT2D eigenvalue weighted by Crippen LogP contribution is -2.40. The number of benzene rings is 1. The Balaban J connectivity index is 2.26. The first-order valence-electron chi connectivity index (χ1n) is 6.75. The summed E-state index contributed by atoms with van der Waals surface area (Å²) in [6, 6.07) is 5.09. The van der Waals surface area contributed by atoms with Gasteiger partial charge in [-0.2, -0.15) is 0 Å². The normalized spacial score (nSPS) is 19.0. The molecule has 100 valence electrons. The molecule has 0 amide bonds. The van der Waals surface area contributed by atoms with Crippen LogP contribution in [0, 0.1) is 11.2 Å². The molecular weight excluding hydrogens is 227 g/mol. The molecule has 2 nitrogen and oxygen atoms in total. The number of piperidine rings is 1. The van der Waals surface area contributed by atoms with Gasteiger partial charge in [-0.05, 0) is 55.0 Å². The molecule has 0 unspecified atom stereocenters. The largest absolute Gasteiger partial charge is 0.371 e. The minimum atomic E-state index is -0.168. The third-order valence-corrected chi connectivity index (χ3v) is 3.70. The molecule has 1 aromatic carbocycles. The van der Waals surface area contributed by atoms with Gasteiger partial charge in [0.05, 0.1) is 0 Å². The first-order valence-corrected chi connectivity index (χ1v) is 6.75. The maximum absolute atomic E-state index is 13.3. The van der Waals surface area contributed by atoms with E-state index in [1.807, 2.05) is 6.07 Å². The molecule has 0 aliphatic carbocycles. The summed E-state index contributed by atoms with van der Waals surface area (Å²) in [4.78, 5) is 2.38. The fraction of sp³-hybridized carbons (Fsp3) is 0.600. The molecule has 1 aromatic rings. The lowest BCUT2D eigenvalue weighted by molar-refractivity contribution is 0.293. The molecule has 1 aliphatic heterocycles. The lowest BCUT2D eigenvalue weighted by Gasteiger charge is -2.40. The molecule has 2 rings (SSSR count). The van der Waals surface area contributed by atoms with Gasteiger partial charge in [-0.3, -0.25) is 0 Å². The number of hydrogen-bond acceptors (Lipinski definition) is 2. The fourth-order valence-electron chi connectivity index (χ4n) is 2.85. The Bertz CT molecular complexity index is 415. The van der Waals surface area contributed by atoms with Crippen molar-refractivity contribution in [2.45, 2.75) is 33.1 Å². The third-order valence-electron chi connectivity index (χ3n) is 3.70. The third kappa shape index (κ3) is 3.02. The van der Waals surface area contributed by atoms with Crippen LogP contribution >= 0.6 is 0 Å². The average molecular weight is 250 g/mol. The SMILES string of the molecule is CC1(C)CCCN(c2ccc(F)cc2CCN)C1. The Kier molecular flexibility index (Phi) is 3.91. The van der Waals surface area contributed by atoms with Crippen LogP contribution in [0.15, 0.2) is 18.2 Å². The molecular formula is C15H23FN2. The van der Waals surface area contributed by atoms with Crippen LogP contribution in [-0.2, 0) is 6.42 Å². The van der Waals surface area contributed by atoms with Crippen molar-refractivity contribution in [1.82, 2.24) is 0 Å². The molecule has 3 heteroatoms. The van der Waals surface area contributed by atoms with Crippen LogP contribution in [0.25, 0.3) is 0 Å². The summed E-state index contributed by atoms with van der Waals surface area (Å²) in [5.41, 5.74) is 8.16. The van der Waals surface area contributed by atoms with Crippen LogP contribution in [0.4, 0.5) is 10.1 Å². The molecule has 1 saturated heterocycles. The van der Waals surface area contributed by atoms with Crippen molar-refractivity contribution in [3.05, 3.63) is 29.6 Å². The molecule has 1 aliphatic rings. The Morgan fingerprint density at radius 3 is 2.83 bits per heavy atom. The number of nitrogens with two attached hydrogens (primary N) is 1. The summed E-state index contributed by atoms with van der Waals surface area (Å²) < 4.78 is 13.3. The van der Waals surface area contributed by atoms with Crippen molar-refractivity contribution in [3.63, 3.8) is 0 Å². The molecule has 1 heterocycles. The van der Waals surface area contributed by atoms with Crippen LogP contribution in [0.1, 0.15) is 32.3 Å². The van der Waals surface area contributed by atoms with Gasteiger partial charge in [0.25, 0.3) is 0 Å². The summed E-state index contributed by atoms with van der Waals surface area (Å²) in [7, 11) is 0. The summed E-state index contributed by atoms with van der Waals surface area (Å²) in [6.45, 7) is 7.26. The molecule has 1 fully saturated rings. The highest BCUT2D eigenvalue weighted by Gasteiger charge is 2.27. The van der Waals surface area contributed by atoms with Gasteiger partial charge in [0.2, 0.25) is 0 Å². The Hall–Kier alpha value is -1.09. The second-order valence-corrected chi connectivity index (χ2v) is 6.00. The van der Waals surface area contributed by atoms with Gasteiger partial charge in [-0.1, -0.05) is 13.8 Å². The van der Waals surface area contributed by atoms with E-state index in [0.29, 0.717) is 12.0 Å². The van der Waals surface area contributed by atoms with Crippen molar-refractivity contribution in [2.75, 3.05) is 24.5 Å². The number of hydrogen-bond donors (Lipinski definition) is 1. The second-order valence-electron chi connectivity index (χ2n) is 6.00. The van der Waals surface area contributed by atoms with E-state index in [-0.39, 0.29) is 5.82 Å². The predicted molar refractivity (Wildman–Crippen MR) is 74.4 cm³/mol. The van der Waals surface area contributed by atoms with Crippen molar-refractivity contribution >= 4 is 5.69 Å². The molecule has 0 bridgehead atoms. The topological polar surface area (TPSA) is 29.3 Å². The fourth-order valence-corrected chi connectivity index (χ4v) is 2.85. The first kappa shape index (κ1) is 13.3. The molecule has 18 heavy (non-hydrogen) atoms. The molecule has 0 atom stereocenters. The Morgan fingerprint density at radius 2 is 2.17 bits per heavy atom. The highest BCUT2D eigenvalue weighted by molar-refractivity contribution is 5.54. The van der Waals surface area contributed by atoms with E-state index in [0.717, 1.165) is 30.8 Å². The van der Waals surface area contributed by atoms with E-state index < -0.39 is 0 Å². The van der Waals surface area contributed by atoms with E-state index in [2.05, 4.69) is 18.7 Å². The van der Waals surface area contributed by atoms with E-state index in [9.17, 15) is 4.39 Å². The van der Waals surface area contributed by atoms with Gasteiger partial charge in [0.1, 0.15) is 5.82 Å². The highest BCUT2D eigenvalue weighted by atomic mass is 19.1. The van der Waals surface area contributed by atoms with Crippen LogP contribution in [0.3, 0.4) is 0 Å². The van der Waals surface area contributed by atoms with Crippen LogP contribution in [-0.4, -0.2) is 19.6 Å². The van der Waals surface area contributed by atoms with Gasteiger partial charge < -0.3 is 10.6 Å². The van der Waals surface area contributed by atoms with E-state index in [1.165, 1.54) is 12.8 Å². The first-order chi connectivity index (χ1) is 8.52. The average Bonchev–Trinajstić information content (AvgIpc) is 2.28. The number of rotatable bonds is 3. The molecule has 0 saturated carbocycles. The highest BCUT2D eigenvalue weighted by Crippen LogP contribution is 2.33. The van der Waals surface area contributed by atoms with Crippen molar-refractivity contribution < 1.29 is 4.39 Å². The van der Waals surface area contributed by atoms with Gasteiger partial charge in [0.15, 0.2) is 0 Å². The van der Waals surface area contributed by atoms with Crippen LogP contribution in [0.2, 0.25) is 0 Å². The molecule has 0 radical (unpaired) electrons. The Labute approximate surface area is 109 Å².